The highest BCUT2D eigenvalue weighted by molar-refractivity contribution is 5.60. The first kappa shape index (κ1) is 18.4. The van der Waals surface area contributed by atoms with Crippen LogP contribution in [0.25, 0.3) is 16.9 Å². The molecule has 1 fully saturated rings. The predicted octanol–water partition coefficient (Wildman–Crippen LogP) is 2.71. The first-order valence-electron chi connectivity index (χ1n) is 8.73. The second-order valence-corrected chi connectivity index (χ2v) is 6.55. The summed E-state index contributed by atoms with van der Waals surface area (Å²) in [5.41, 5.74) is 1.36. The van der Waals surface area contributed by atoms with E-state index >= 15 is 0 Å². The first-order chi connectivity index (χ1) is 13.5. The number of aliphatic hydroxyl groups is 1. The number of alkyl halides is 2. The zero-order valence-electron chi connectivity index (χ0n) is 14.7. The Morgan fingerprint density at radius 3 is 2.57 bits per heavy atom. The molecule has 3 heterocycles. The van der Waals surface area contributed by atoms with E-state index in [9.17, 15) is 18.7 Å². The molecule has 0 spiro atoms. The van der Waals surface area contributed by atoms with Gasteiger partial charge in [0.1, 0.15) is 0 Å². The van der Waals surface area contributed by atoms with E-state index in [4.69, 9.17) is 4.74 Å². The van der Waals surface area contributed by atoms with Crippen molar-refractivity contribution >= 4 is 0 Å². The molecule has 4 rings (SSSR count). The Morgan fingerprint density at radius 1 is 1.18 bits per heavy atom. The third-order valence-electron chi connectivity index (χ3n) is 4.74. The van der Waals surface area contributed by atoms with E-state index in [0.29, 0.717) is 22.5 Å². The van der Waals surface area contributed by atoms with E-state index in [1.807, 2.05) is 0 Å². The van der Waals surface area contributed by atoms with Crippen LogP contribution in [0, 0.1) is 0 Å². The molecule has 0 amide bonds. The van der Waals surface area contributed by atoms with Crippen LogP contribution < -0.4 is 5.56 Å². The van der Waals surface area contributed by atoms with Crippen LogP contribution in [-0.2, 0) is 4.74 Å². The Balaban J connectivity index is 1.87. The van der Waals surface area contributed by atoms with Gasteiger partial charge in [-0.1, -0.05) is 24.3 Å². The van der Waals surface area contributed by atoms with Gasteiger partial charge in [-0.05, 0) is 18.2 Å². The summed E-state index contributed by atoms with van der Waals surface area (Å²) in [6.07, 6.45) is -0.278. The molecule has 2 unspecified atom stereocenters. The van der Waals surface area contributed by atoms with Gasteiger partial charge in [0.05, 0.1) is 36.9 Å². The van der Waals surface area contributed by atoms with Crippen LogP contribution in [0.1, 0.15) is 23.5 Å². The largest absolute Gasteiger partial charge is 0.390 e. The third kappa shape index (κ3) is 3.44. The Hall–Kier alpha value is -2.97. The fourth-order valence-corrected chi connectivity index (χ4v) is 3.21. The van der Waals surface area contributed by atoms with E-state index in [0.717, 1.165) is 0 Å². The first-order valence-corrected chi connectivity index (χ1v) is 8.73. The standard InChI is InChI=1S/C20H17F2N3O3/c21-19(22)13-5-3-12(4-6-13)17-8-15(16-10-28-11-18(16)26)20(27)25(24-17)14-2-1-7-23-9-14/h1-9,16,18-19,26H,10-11H2. The molecule has 1 N–H and O–H groups in total. The third-order valence-corrected chi connectivity index (χ3v) is 4.74. The molecule has 28 heavy (non-hydrogen) atoms. The highest BCUT2D eigenvalue weighted by Gasteiger charge is 2.31. The predicted molar refractivity (Wildman–Crippen MR) is 97.6 cm³/mol. The van der Waals surface area contributed by atoms with Gasteiger partial charge in [-0.15, -0.1) is 0 Å². The fraction of sp³-hybridized carbons (Fsp3) is 0.250. The van der Waals surface area contributed by atoms with Gasteiger partial charge in [0, 0.05) is 28.8 Å². The Labute approximate surface area is 159 Å². The second-order valence-electron chi connectivity index (χ2n) is 6.55. The van der Waals surface area contributed by atoms with Gasteiger partial charge >= 0.3 is 0 Å². The summed E-state index contributed by atoms with van der Waals surface area (Å²) >= 11 is 0. The lowest BCUT2D eigenvalue weighted by Gasteiger charge is -2.16. The van der Waals surface area contributed by atoms with Crippen LogP contribution in [-0.4, -0.2) is 39.2 Å². The Bertz CT molecular complexity index is 1020. The van der Waals surface area contributed by atoms with Gasteiger partial charge in [0.15, 0.2) is 0 Å². The molecule has 2 atom stereocenters. The molecule has 1 aromatic carbocycles. The molecular formula is C20H17F2N3O3. The fourth-order valence-electron chi connectivity index (χ4n) is 3.21. The molecule has 1 aliphatic rings. The maximum Gasteiger partial charge on any atom is 0.275 e. The molecule has 0 radical (unpaired) electrons. The number of ether oxygens (including phenoxy) is 1. The van der Waals surface area contributed by atoms with Crippen molar-refractivity contribution in [2.75, 3.05) is 13.2 Å². The lowest BCUT2D eigenvalue weighted by molar-refractivity contribution is 0.124. The van der Waals surface area contributed by atoms with Gasteiger partial charge < -0.3 is 9.84 Å². The molecule has 8 heteroatoms. The number of rotatable bonds is 4. The van der Waals surface area contributed by atoms with Crippen molar-refractivity contribution in [2.24, 2.45) is 0 Å². The summed E-state index contributed by atoms with van der Waals surface area (Å²) in [4.78, 5) is 17.1. The summed E-state index contributed by atoms with van der Waals surface area (Å²) in [6, 6.07) is 10.7. The number of benzene rings is 1. The van der Waals surface area contributed by atoms with Crippen LogP contribution in [0.2, 0.25) is 0 Å². The normalized spacial score (nSPS) is 19.3. The zero-order chi connectivity index (χ0) is 19.7. The highest BCUT2D eigenvalue weighted by atomic mass is 19.3. The maximum absolute atomic E-state index is 13.0. The average molecular weight is 385 g/mol. The minimum atomic E-state index is -2.56. The molecular weight excluding hydrogens is 368 g/mol. The van der Waals surface area contributed by atoms with Crippen molar-refractivity contribution in [2.45, 2.75) is 18.4 Å². The molecule has 1 saturated heterocycles. The summed E-state index contributed by atoms with van der Waals surface area (Å²) in [7, 11) is 0. The smallest absolute Gasteiger partial charge is 0.275 e. The summed E-state index contributed by atoms with van der Waals surface area (Å²) in [5, 5.41) is 14.6. The molecule has 0 bridgehead atoms. The number of aromatic nitrogens is 3. The number of hydrogen-bond acceptors (Lipinski definition) is 5. The molecule has 1 aliphatic heterocycles. The van der Waals surface area contributed by atoms with Crippen molar-refractivity contribution in [3.05, 3.63) is 76.3 Å². The van der Waals surface area contributed by atoms with Crippen molar-refractivity contribution < 1.29 is 18.6 Å². The van der Waals surface area contributed by atoms with Gasteiger partial charge in [-0.3, -0.25) is 9.78 Å². The average Bonchev–Trinajstić information content (AvgIpc) is 3.14. The molecule has 0 aliphatic carbocycles. The number of hydrogen-bond donors (Lipinski definition) is 1. The number of aliphatic hydroxyl groups excluding tert-OH is 1. The summed E-state index contributed by atoms with van der Waals surface area (Å²) < 4.78 is 32.2. The highest BCUT2D eigenvalue weighted by Crippen LogP contribution is 2.28. The van der Waals surface area contributed by atoms with Gasteiger partial charge in [0.2, 0.25) is 0 Å². The quantitative estimate of drug-likeness (QED) is 0.747. The van der Waals surface area contributed by atoms with Gasteiger partial charge in [0.25, 0.3) is 12.0 Å². The topological polar surface area (TPSA) is 77.2 Å². The number of nitrogens with zero attached hydrogens (tertiary/aromatic N) is 3. The summed E-state index contributed by atoms with van der Waals surface area (Å²) in [5.74, 6) is -0.488. The van der Waals surface area contributed by atoms with Crippen LogP contribution in [0.3, 0.4) is 0 Å². The van der Waals surface area contributed by atoms with Gasteiger partial charge in [-0.2, -0.15) is 9.78 Å². The van der Waals surface area contributed by atoms with Gasteiger partial charge in [-0.25, -0.2) is 8.78 Å². The molecule has 3 aromatic rings. The van der Waals surface area contributed by atoms with Crippen molar-refractivity contribution in [3.8, 4) is 16.9 Å². The lowest BCUT2D eigenvalue weighted by atomic mass is 9.96. The van der Waals surface area contributed by atoms with Crippen molar-refractivity contribution in [1.82, 2.24) is 14.8 Å². The van der Waals surface area contributed by atoms with E-state index in [1.165, 1.54) is 35.1 Å². The molecule has 2 aromatic heterocycles. The van der Waals surface area contributed by atoms with Crippen LogP contribution in [0.5, 0.6) is 0 Å². The number of pyridine rings is 1. The molecule has 6 nitrogen and oxygen atoms in total. The SMILES string of the molecule is O=c1c(C2COCC2O)cc(-c2ccc(C(F)F)cc2)nn1-c1cccnc1. The lowest BCUT2D eigenvalue weighted by Crippen LogP contribution is -2.30. The monoisotopic (exact) mass is 385 g/mol. The van der Waals surface area contributed by atoms with E-state index in [2.05, 4.69) is 10.1 Å². The minimum Gasteiger partial charge on any atom is -0.390 e. The molecule has 0 saturated carbocycles. The second kappa shape index (κ2) is 7.57. The van der Waals surface area contributed by atoms with Crippen LogP contribution in [0.15, 0.2) is 59.7 Å². The van der Waals surface area contributed by atoms with Crippen molar-refractivity contribution in [3.63, 3.8) is 0 Å². The van der Waals surface area contributed by atoms with Crippen LogP contribution >= 0.6 is 0 Å². The van der Waals surface area contributed by atoms with E-state index in [1.54, 1.807) is 24.4 Å². The van der Waals surface area contributed by atoms with Crippen molar-refractivity contribution in [1.29, 1.82) is 0 Å². The Kier molecular flexibility index (Phi) is 4.97. The zero-order valence-corrected chi connectivity index (χ0v) is 14.7. The van der Waals surface area contributed by atoms with E-state index < -0.39 is 18.4 Å². The summed E-state index contributed by atoms with van der Waals surface area (Å²) in [6.45, 7) is 0.370. The Morgan fingerprint density at radius 2 is 1.96 bits per heavy atom. The minimum absolute atomic E-state index is 0.0934. The molecule has 144 valence electrons. The van der Waals surface area contributed by atoms with E-state index in [-0.39, 0.29) is 24.3 Å². The van der Waals surface area contributed by atoms with Crippen LogP contribution in [0.4, 0.5) is 8.78 Å². The number of halogens is 2. The maximum atomic E-state index is 13.0.